The highest BCUT2D eigenvalue weighted by atomic mass is 16.1. The Labute approximate surface area is 112 Å². The zero-order valence-electron chi connectivity index (χ0n) is 10.7. The van der Waals surface area contributed by atoms with Gasteiger partial charge in [0.2, 0.25) is 0 Å². The molecule has 96 valence electrons. The van der Waals surface area contributed by atoms with Crippen molar-refractivity contribution in [3.8, 4) is 11.8 Å². The third-order valence-electron chi connectivity index (χ3n) is 2.42. The van der Waals surface area contributed by atoms with Crippen LogP contribution in [-0.4, -0.2) is 22.6 Å². The van der Waals surface area contributed by atoms with Crippen LogP contribution >= 0.6 is 0 Å². The van der Waals surface area contributed by atoms with E-state index in [9.17, 15) is 9.59 Å². The summed E-state index contributed by atoms with van der Waals surface area (Å²) in [4.78, 5) is 25.1. The first-order valence-electron chi connectivity index (χ1n) is 5.94. The van der Waals surface area contributed by atoms with Gasteiger partial charge in [0.15, 0.2) is 0 Å². The molecule has 0 unspecified atom stereocenters. The third kappa shape index (κ3) is 5.12. The number of nitrogens with zero attached hydrogens (tertiary/aromatic N) is 2. The van der Waals surface area contributed by atoms with E-state index in [0.717, 1.165) is 12.6 Å². The fraction of sp³-hybridized carbons (Fsp3) is 0.267. The first kappa shape index (κ1) is 14.6. The number of ketones is 2. The van der Waals surface area contributed by atoms with Gasteiger partial charge in [-0.25, -0.2) is 0 Å². The molecule has 0 radical (unpaired) electrons. The van der Waals surface area contributed by atoms with E-state index in [4.69, 9.17) is 5.53 Å². The Kier molecular flexibility index (Phi) is 5.94. The largest absolute Gasteiger partial charge is 0.361 e. The number of rotatable bonds is 5. The highest BCUT2D eigenvalue weighted by molar-refractivity contribution is 6.34. The van der Waals surface area contributed by atoms with Gasteiger partial charge in [-0.15, -0.1) is 0 Å². The van der Waals surface area contributed by atoms with Crippen LogP contribution in [0.4, 0.5) is 0 Å². The van der Waals surface area contributed by atoms with Crippen LogP contribution in [0.2, 0.25) is 0 Å². The summed E-state index contributed by atoms with van der Waals surface area (Å²) in [6.07, 6.45) is 2.69. The van der Waals surface area contributed by atoms with E-state index in [1.807, 2.05) is 0 Å². The number of Topliss-reactive ketones (excluding diaryl/α,β-unsaturated/α-hetero) is 2. The van der Waals surface area contributed by atoms with E-state index < -0.39 is 5.78 Å². The average molecular weight is 254 g/mol. The van der Waals surface area contributed by atoms with Crippen molar-refractivity contribution >= 4 is 17.8 Å². The van der Waals surface area contributed by atoms with Crippen molar-refractivity contribution in [2.75, 3.05) is 0 Å². The monoisotopic (exact) mass is 254 g/mol. The maximum Gasteiger partial charge on any atom is 0.328 e. The Morgan fingerprint density at radius 1 is 1.37 bits per heavy atom. The van der Waals surface area contributed by atoms with Crippen molar-refractivity contribution in [3.63, 3.8) is 0 Å². The molecule has 19 heavy (non-hydrogen) atoms. The molecule has 1 rings (SSSR count). The first-order chi connectivity index (χ1) is 9.15. The number of carbonyl (C=O) groups is 2. The molecule has 0 aromatic heterocycles. The van der Waals surface area contributed by atoms with E-state index in [1.54, 1.807) is 31.2 Å². The summed E-state index contributed by atoms with van der Waals surface area (Å²) in [7, 11) is 0. The lowest BCUT2D eigenvalue weighted by molar-refractivity contribution is -0.117. The molecule has 0 saturated carbocycles. The van der Waals surface area contributed by atoms with Gasteiger partial charge in [-0.1, -0.05) is 24.0 Å². The van der Waals surface area contributed by atoms with Crippen LogP contribution < -0.4 is 0 Å². The minimum absolute atomic E-state index is 0.150. The van der Waals surface area contributed by atoms with Gasteiger partial charge >= 0.3 is 6.21 Å². The molecule has 0 spiro atoms. The van der Waals surface area contributed by atoms with Crippen molar-refractivity contribution in [2.24, 2.45) is 0 Å². The molecule has 1 aromatic carbocycles. The highest BCUT2D eigenvalue weighted by Gasteiger charge is 2.10. The minimum atomic E-state index is -0.392. The Morgan fingerprint density at radius 3 is 2.79 bits per heavy atom. The maximum absolute atomic E-state index is 11.6. The second-order valence-corrected chi connectivity index (χ2v) is 4.01. The van der Waals surface area contributed by atoms with Crippen molar-refractivity contribution in [3.05, 3.63) is 40.9 Å². The van der Waals surface area contributed by atoms with Crippen LogP contribution in [0.15, 0.2) is 24.3 Å². The summed E-state index contributed by atoms with van der Waals surface area (Å²) in [6.45, 7) is 1.55. The fourth-order valence-corrected chi connectivity index (χ4v) is 1.51. The van der Waals surface area contributed by atoms with E-state index in [0.29, 0.717) is 24.0 Å². The van der Waals surface area contributed by atoms with Crippen LogP contribution in [0.5, 0.6) is 0 Å². The van der Waals surface area contributed by atoms with Gasteiger partial charge in [-0.05, 0) is 25.5 Å². The SMILES string of the molecule is CC(=O)CCCC#Cc1ccccc1C(=O)C=[N+]=[N-]. The van der Waals surface area contributed by atoms with E-state index in [2.05, 4.69) is 16.6 Å². The molecule has 0 N–H and O–H groups in total. The van der Waals surface area contributed by atoms with Gasteiger partial charge in [0.05, 0.1) is 0 Å². The van der Waals surface area contributed by atoms with Crippen molar-refractivity contribution in [2.45, 2.75) is 26.2 Å². The molecule has 0 saturated heterocycles. The minimum Gasteiger partial charge on any atom is -0.361 e. The zero-order valence-corrected chi connectivity index (χ0v) is 10.7. The van der Waals surface area contributed by atoms with Crippen molar-refractivity contribution in [1.82, 2.24) is 0 Å². The lowest BCUT2D eigenvalue weighted by Crippen LogP contribution is -2.03. The molecule has 0 amide bonds. The molecular formula is C15H14N2O2. The van der Waals surface area contributed by atoms with Crippen LogP contribution in [0.3, 0.4) is 0 Å². The summed E-state index contributed by atoms with van der Waals surface area (Å²) < 4.78 is 0. The summed E-state index contributed by atoms with van der Waals surface area (Å²) in [5.41, 5.74) is 9.36. The predicted octanol–water partition coefficient (Wildman–Crippen LogP) is 2.28. The quantitative estimate of drug-likeness (QED) is 0.202. The third-order valence-corrected chi connectivity index (χ3v) is 2.42. The molecule has 4 nitrogen and oxygen atoms in total. The zero-order chi connectivity index (χ0) is 14.1. The van der Waals surface area contributed by atoms with Gasteiger partial charge in [0, 0.05) is 24.0 Å². The first-order valence-corrected chi connectivity index (χ1v) is 5.94. The molecule has 0 aliphatic heterocycles. The van der Waals surface area contributed by atoms with Crippen LogP contribution in [0.1, 0.15) is 42.1 Å². The molecule has 0 fully saturated rings. The highest BCUT2D eigenvalue weighted by Crippen LogP contribution is 2.07. The molecular weight excluding hydrogens is 240 g/mol. The molecule has 0 aliphatic rings. The van der Waals surface area contributed by atoms with Crippen molar-refractivity contribution in [1.29, 1.82) is 0 Å². The van der Waals surface area contributed by atoms with Crippen molar-refractivity contribution < 1.29 is 14.4 Å². The Hall–Kier alpha value is -2.50. The van der Waals surface area contributed by atoms with Gasteiger partial charge in [0.25, 0.3) is 5.78 Å². The molecule has 1 aromatic rings. The molecule has 0 heterocycles. The fourth-order valence-electron chi connectivity index (χ4n) is 1.51. The summed E-state index contributed by atoms with van der Waals surface area (Å²) in [6, 6.07) is 6.87. The standard InChI is InChI=1S/C15H14N2O2/c1-12(18)7-3-2-4-8-13-9-5-6-10-14(13)15(19)11-17-16/h5-6,9-11H,2-3,7H2,1H3. The van der Waals surface area contributed by atoms with E-state index in [1.165, 1.54) is 0 Å². The van der Waals surface area contributed by atoms with E-state index in [-0.39, 0.29) is 5.78 Å². The number of carbonyl (C=O) groups excluding carboxylic acids is 2. The van der Waals surface area contributed by atoms with Crippen LogP contribution in [-0.2, 0) is 4.79 Å². The second kappa shape index (κ2) is 7.75. The van der Waals surface area contributed by atoms with Crippen LogP contribution in [0.25, 0.3) is 5.53 Å². The molecule has 0 bridgehead atoms. The van der Waals surface area contributed by atoms with Gasteiger partial charge < -0.3 is 10.3 Å². The lowest BCUT2D eigenvalue weighted by Gasteiger charge is -1.96. The molecule has 0 atom stereocenters. The lowest BCUT2D eigenvalue weighted by atomic mass is 10.0. The Balaban J connectivity index is 2.78. The number of hydrogen-bond donors (Lipinski definition) is 0. The van der Waals surface area contributed by atoms with Gasteiger partial charge in [-0.3, -0.25) is 4.79 Å². The number of unbranched alkanes of at least 4 members (excludes halogenated alkanes) is 1. The van der Waals surface area contributed by atoms with Gasteiger partial charge in [0.1, 0.15) is 5.78 Å². The second-order valence-electron chi connectivity index (χ2n) is 4.01. The number of benzene rings is 1. The molecule has 4 heteroatoms. The summed E-state index contributed by atoms with van der Waals surface area (Å²) in [5.74, 6) is 5.59. The molecule has 0 aliphatic carbocycles. The van der Waals surface area contributed by atoms with E-state index >= 15 is 0 Å². The maximum atomic E-state index is 11.6. The van der Waals surface area contributed by atoms with Gasteiger partial charge in [-0.2, -0.15) is 4.79 Å². The Bertz CT molecular complexity index is 588. The summed E-state index contributed by atoms with van der Waals surface area (Å²) in [5, 5.41) is 0. The topological polar surface area (TPSA) is 70.5 Å². The smallest absolute Gasteiger partial charge is 0.328 e. The van der Waals surface area contributed by atoms with Crippen LogP contribution in [0, 0.1) is 11.8 Å². The number of hydrogen-bond acceptors (Lipinski definition) is 2. The summed E-state index contributed by atoms with van der Waals surface area (Å²) >= 11 is 0. The normalized spacial score (nSPS) is 8.89. The average Bonchev–Trinajstić information content (AvgIpc) is 2.38. The predicted molar refractivity (Wildman–Crippen MR) is 71.9 cm³/mol. The Morgan fingerprint density at radius 2 is 2.11 bits per heavy atom.